The number of fused-ring (bicyclic) bond motifs is 12. The first-order valence-electron chi connectivity index (χ1n) is 10.2. The van der Waals surface area contributed by atoms with Crippen LogP contribution in [-0.2, 0) is 0 Å². The van der Waals surface area contributed by atoms with Gasteiger partial charge in [-0.15, -0.1) is 55.4 Å². The quantitative estimate of drug-likeness (QED) is 0.268. The first-order valence-corrected chi connectivity index (χ1v) is 13.6. The summed E-state index contributed by atoms with van der Waals surface area (Å²) in [5.74, 6) is 0. The molecule has 3 nitrogen and oxygen atoms in total. The van der Waals surface area contributed by atoms with E-state index in [9.17, 15) is 0 Å². The van der Waals surface area contributed by atoms with E-state index in [0.29, 0.717) is 0 Å². The molecule has 0 radical (unpaired) electrons. The van der Waals surface area contributed by atoms with Gasteiger partial charge >= 0.3 is 0 Å². The van der Waals surface area contributed by atoms with Gasteiger partial charge in [-0.05, 0) is 68.2 Å². The average Bonchev–Trinajstić information content (AvgIpc) is 3.41. The highest BCUT2D eigenvalue weighted by Gasteiger charge is 2.26. The molecule has 6 atom stereocenters. The van der Waals surface area contributed by atoms with Crippen LogP contribution in [-0.4, -0.2) is 0 Å². The molecule has 0 saturated heterocycles. The van der Waals surface area contributed by atoms with Crippen molar-refractivity contribution in [3.63, 3.8) is 0 Å². The van der Waals surface area contributed by atoms with Gasteiger partial charge < -0.3 is 13.3 Å². The van der Waals surface area contributed by atoms with Crippen molar-refractivity contribution < 1.29 is 13.3 Å². The Morgan fingerprint density at radius 3 is 0.879 bits per heavy atom. The highest BCUT2D eigenvalue weighted by molar-refractivity contribution is 7.36. The zero-order valence-electron chi connectivity index (χ0n) is 17.2. The molecule has 9 heteroatoms. The first kappa shape index (κ1) is 21.2. The standard InChI is InChI=1S/C24H18O3P6/c28-13-1-7-10(4-16(13)31)25-22-19(7)23-21(8-2-14(29)17(32)5-11(8)26-23)24-20(22)9-3-15(30)18(33)6-12(9)27-24/h1-6H,28-33H2. The van der Waals surface area contributed by atoms with Crippen LogP contribution in [0.3, 0.4) is 0 Å². The second-order valence-electron chi connectivity index (χ2n) is 8.35. The van der Waals surface area contributed by atoms with Gasteiger partial charge in [0.25, 0.3) is 0 Å². The largest absolute Gasteiger partial charge is 0.455 e. The Bertz CT molecular complexity index is 1730. The van der Waals surface area contributed by atoms with Crippen molar-refractivity contribution in [2.45, 2.75) is 0 Å². The van der Waals surface area contributed by atoms with Crippen molar-refractivity contribution in [1.82, 2.24) is 0 Å². The highest BCUT2D eigenvalue weighted by atomic mass is 31.0. The van der Waals surface area contributed by atoms with E-state index in [-0.39, 0.29) is 0 Å². The fourth-order valence-electron chi connectivity index (χ4n) is 4.73. The van der Waals surface area contributed by atoms with Crippen LogP contribution in [0.2, 0.25) is 0 Å². The van der Waals surface area contributed by atoms with Crippen molar-refractivity contribution in [3.05, 3.63) is 36.4 Å². The van der Waals surface area contributed by atoms with Crippen molar-refractivity contribution in [2.75, 3.05) is 0 Å². The SMILES string of the molecule is Pc1cc2oc3c(c2cc1P)c1oc2cc(P)c(P)cc2c1c1oc2cc(P)c(P)cc2c31. The summed E-state index contributed by atoms with van der Waals surface area (Å²) in [6, 6.07) is 12.6. The molecule has 0 amide bonds. The molecule has 162 valence electrons. The third-order valence-electron chi connectivity index (χ3n) is 6.36. The zero-order valence-corrected chi connectivity index (χ0v) is 24.1. The van der Waals surface area contributed by atoms with Gasteiger partial charge in [-0.2, -0.15) is 0 Å². The van der Waals surface area contributed by atoms with Gasteiger partial charge in [0, 0.05) is 16.2 Å². The molecule has 4 aromatic carbocycles. The van der Waals surface area contributed by atoms with E-state index in [1.165, 1.54) is 0 Å². The van der Waals surface area contributed by atoms with E-state index in [0.717, 1.165) is 97.6 Å². The van der Waals surface area contributed by atoms with E-state index >= 15 is 0 Å². The van der Waals surface area contributed by atoms with Gasteiger partial charge in [-0.3, -0.25) is 0 Å². The van der Waals surface area contributed by atoms with Gasteiger partial charge in [0.2, 0.25) is 0 Å². The van der Waals surface area contributed by atoms with Crippen LogP contribution in [0.15, 0.2) is 49.6 Å². The van der Waals surface area contributed by atoms with Gasteiger partial charge in [0.1, 0.15) is 16.7 Å². The number of hydrogen-bond acceptors (Lipinski definition) is 3. The number of hydrogen-bond donors (Lipinski definition) is 0. The lowest BCUT2D eigenvalue weighted by Crippen LogP contribution is -2.09. The summed E-state index contributed by atoms with van der Waals surface area (Å²) in [7, 11) is 16.8. The van der Waals surface area contributed by atoms with Crippen LogP contribution in [0.5, 0.6) is 0 Å². The van der Waals surface area contributed by atoms with E-state index in [1.807, 2.05) is 0 Å². The summed E-state index contributed by atoms with van der Waals surface area (Å²) in [5, 5.41) is 12.6. The molecular formula is C24H18O3P6. The molecule has 7 aromatic rings. The van der Waals surface area contributed by atoms with Gasteiger partial charge in [0.05, 0.1) is 16.2 Å². The summed E-state index contributed by atoms with van der Waals surface area (Å²) >= 11 is 0. The second-order valence-corrected chi connectivity index (χ2v) is 12.1. The molecule has 0 fully saturated rings. The predicted octanol–water partition coefficient (Wildman–Crippen LogP) is 4.39. The number of benzene rings is 4. The molecule has 0 aliphatic carbocycles. The Balaban J connectivity index is 1.87. The molecule has 0 N–H and O–H groups in total. The van der Waals surface area contributed by atoms with Crippen LogP contribution in [0.25, 0.3) is 65.8 Å². The molecular weight excluding hydrogens is 522 g/mol. The first-order chi connectivity index (χ1) is 15.8. The molecule has 0 saturated carbocycles. The molecule has 0 aliphatic heterocycles. The van der Waals surface area contributed by atoms with Gasteiger partial charge in [-0.1, -0.05) is 0 Å². The van der Waals surface area contributed by atoms with E-state index < -0.39 is 0 Å². The molecule has 3 heterocycles. The van der Waals surface area contributed by atoms with Crippen LogP contribution in [0, 0.1) is 0 Å². The van der Waals surface area contributed by atoms with E-state index in [1.54, 1.807) is 0 Å². The Hall–Kier alpha value is -1.14. The zero-order chi connectivity index (χ0) is 22.8. The van der Waals surface area contributed by atoms with E-state index in [4.69, 9.17) is 13.3 Å². The third kappa shape index (κ3) is 2.86. The van der Waals surface area contributed by atoms with Gasteiger partial charge in [-0.25, -0.2) is 0 Å². The van der Waals surface area contributed by atoms with E-state index in [2.05, 4.69) is 91.8 Å². The minimum atomic E-state index is 0.795. The summed E-state index contributed by atoms with van der Waals surface area (Å²) < 4.78 is 19.6. The Kier molecular flexibility index (Phi) is 4.61. The molecule has 3 aromatic heterocycles. The third-order valence-corrected chi connectivity index (χ3v) is 10.4. The lowest BCUT2D eigenvalue weighted by molar-refractivity contribution is 0.658. The fraction of sp³-hybridized carbons (Fsp3) is 0. The van der Waals surface area contributed by atoms with Crippen molar-refractivity contribution in [2.24, 2.45) is 0 Å². The minimum absolute atomic E-state index is 0.795. The Morgan fingerprint density at radius 2 is 0.606 bits per heavy atom. The lowest BCUT2D eigenvalue weighted by atomic mass is 10.0. The van der Waals surface area contributed by atoms with Crippen LogP contribution in [0.1, 0.15) is 0 Å². The number of rotatable bonds is 0. The molecule has 0 aliphatic rings. The summed E-state index contributed by atoms with van der Waals surface area (Å²) in [6.45, 7) is 0. The Morgan fingerprint density at radius 1 is 0.364 bits per heavy atom. The molecule has 0 bridgehead atoms. The van der Waals surface area contributed by atoms with Crippen LogP contribution >= 0.6 is 55.4 Å². The lowest BCUT2D eigenvalue weighted by Gasteiger charge is -1.99. The topological polar surface area (TPSA) is 39.4 Å². The van der Waals surface area contributed by atoms with Crippen molar-refractivity contribution in [1.29, 1.82) is 0 Å². The highest BCUT2D eigenvalue weighted by Crippen LogP contribution is 2.47. The maximum Gasteiger partial charge on any atom is 0.150 e. The number of furan rings is 3. The molecule has 33 heavy (non-hydrogen) atoms. The summed E-state index contributed by atoms with van der Waals surface area (Å²) in [4.78, 5) is 0. The normalized spacial score (nSPS) is 12.5. The maximum atomic E-state index is 6.53. The fourth-order valence-corrected chi connectivity index (χ4v) is 6.18. The smallest absolute Gasteiger partial charge is 0.150 e. The predicted molar refractivity (Wildman–Crippen MR) is 164 cm³/mol. The van der Waals surface area contributed by atoms with Crippen LogP contribution < -0.4 is 31.8 Å². The Labute approximate surface area is 202 Å². The molecule has 7 rings (SSSR count). The van der Waals surface area contributed by atoms with Crippen molar-refractivity contribution in [3.8, 4) is 0 Å². The summed E-state index contributed by atoms with van der Waals surface area (Å²) in [5.41, 5.74) is 4.88. The summed E-state index contributed by atoms with van der Waals surface area (Å²) in [6.07, 6.45) is 0. The maximum absolute atomic E-state index is 6.53. The minimum Gasteiger partial charge on any atom is -0.455 e. The second kappa shape index (κ2) is 7.19. The monoisotopic (exact) mass is 540 g/mol. The molecule has 6 unspecified atom stereocenters. The van der Waals surface area contributed by atoms with Crippen molar-refractivity contribution >= 4 is 153 Å². The average molecular weight is 540 g/mol. The molecule has 0 spiro atoms. The van der Waals surface area contributed by atoms with Gasteiger partial charge in [0.15, 0.2) is 16.7 Å². The van der Waals surface area contributed by atoms with Crippen LogP contribution in [0.4, 0.5) is 0 Å².